The smallest absolute Gasteiger partial charge is 0.332 e. The highest BCUT2D eigenvalue weighted by molar-refractivity contribution is 6.72. The Morgan fingerprint density at radius 1 is 1.32 bits per heavy atom. The lowest BCUT2D eigenvalue weighted by Crippen LogP contribution is -2.55. The molecule has 0 aromatic heterocycles. The number of likely N-dealkylation sites (N-methyl/N-ethyl adjacent to an activating group) is 1. The summed E-state index contributed by atoms with van der Waals surface area (Å²) in [4.78, 5) is 53.9. The summed E-state index contributed by atoms with van der Waals surface area (Å²) in [5, 5.41) is 2.73. The standard InChI is InChI=1S/C25H43N3O5Si/c1-7-33-22(30)25-16-19(25)12-10-8-9-11-13-27(4)21(29)20-14-18(17-28(20)23(31)26-25)15-24(2,3)34(5,6)32/h10,12,18-20,32H,7-9,11,13-17H2,1-6H3,(H,26,31)/b12-10-/t18-,19-,20-,25+/m0/s1. The third-order valence-corrected chi connectivity index (χ3v) is 11.7. The molecule has 0 spiro atoms. The zero-order valence-corrected chi connectivity index (χ0v) is 22.7. The number of nitrogens with one attached hydrogen (secondary N) is 1. The molecule has 2 heterocycles. The molecule has 2 aliphatic heterocycles. The molecule has 8 nitrogen and oxygen atoms in total. The Hall–Kier alpha value is -1.87. The van der Waals surface area contributed by atoms with Crippen molar-refractivity contribution in [2.24, 2.45) is 11.8 Å². The lowest BCUT2D eigenvalue weighted by Gasteiger charge is -2.37. The SMILES string of the molecule is CCOC(=O)[C@@]12C[C@@H]1/C=C\CCCCN(C)C(=O)[C@@H]1C[C@@H](CC(C)(C)[Si](C)(C)O)CN1C(=O)N2. The third-order valence-electron chi connectivity index (χ3n) is 8.23. The number of ether oxygens (including phenoxy) is 1. The molecule has 1 saturated heterocycles. The summed E-state index contributed by atoms with van der Waals surface area (Å²) in [6.07, 6.45) is 8.65. The van der Waals surface area contributed by atoms with Crippen LogP contribution in [-0.4, -0.2) is 79.1 Å². The molecule has 1 aliphatic carbocycles. The van der Waals surface area contributed by atoms with Crippen molar-refractivity contribution >= 4 is 26.2 Å². The Balaban J connectivity index is 1.87. The zero-order valence-electron chi connectivity index (χ0n) is 21.7. The number of hydrogen-bond donors (Lipinski definition) is 2. The normalized spacial score (nSPS) is 31.8. The van der Waals surface area contributed by atoms with Crippen molar-refractivity contribution < 1.29 is 23.9 Å². The summed E-state index contributed by atoms with van der Waals surface area (Å²) in [6, 6.07) is -0.947. The summed E-state index contributed by atoms with van der Waals surface area (Å²) in [5.74, 6) is -0.448. The van der Waals surface area contributed by atoms with Crippen LogP contribution in [0.3, 0.4) is 0 Å². The number of carbonyl (C=O) groups excluding carboxylic acids is 3. The molecular formula is C25H43N3O5Si. The van der Waals surface area contributed by atoms with Crippen LogP contribution in [0.2, 0.25) is 18.1 Å². The lowest BCUT2D eigenvalue weighted by atomic mass is 9.93. The molecule has 3 amide bonds. The molecule has 2 fully saturated rings. The lowest BCUT2D eigenvalue weighted by molar-refractivity contribution is -0.147. The Kier molecular flexibility index (Phi) is 7.87. The summed E-state index contributed by atoms with van der Waals surface area (Å²) < 4.78 is 5.31. The fourth-order valence-corrected chi connectivity index (χ4v) is 6.00. The highest BCUT2D eigenvalue weighted by Crippen LogP contribution is 2.47. The first-order valence-electron chi connectivity index (χ1n) is 12.7. The van der Waals surface area contributed by atoms with Gasteiger partial charge >= 0.3 is 12.0 Å². The van der Waals surface area contributed by atoms with Gasteiger partial charge < -0.3 is 24.6 Å². The van der Waals surface area contributed by atoms with E-state index >= 15 is 0 Å². The van der Waals surface area contributed by atoms with E-state index in [0.717, 1.165) is 25.7 Å². The monoisotopic (exact) mass is 493 g/mol. The van der Waals surface area contributed by atoms with Gasteiger partial charge in [0.1, 0.15) is 11.6 Å². The van der Waals surface area contributed by atoms with E-state index in [4.69, 9.17) is 4.74 Å². The van der Waals surface area contributed by atoms with Gasteiger partial charge in [0.25, 0.3) is 0 Å². The molecular weight excluding hydrogens is 450 g/mol. The first-order valence-corrected chi connectivity index (χ1v) is 15.7. The van der Waals surface area contributed by atoms with Crippen LogP contribution in [0, 0.1) is 11.8 Å². The van der Waals surface area contributed by atoms with Crippen molar-refractivity contribution in [3.63, 3.8) is 0 Å². The average Bonchev–Trinajstić information content (AvgIpc) is 3.27. The highest BCUT2D eigenvalue weighted by atomic mass is 28.4. The fraction of sp³-hybridized carbons (Fsp3) is 0.800. The van der Waals surface area contributed by atoms with Crippen molar-refractivity contribution in [1.82, 2.24) is 15.1 Å². The number of fused-ring (bicyclic) bond motifs is 2. The van der Waals surface area contributed by atoms with Crippen LogP contribution in [-0.2, 0) is 14.3 Å². The van der Waals surface area contributed by atoms with Crippen LogP contribution in [0.4, 0.5) is 4.79 Å². The topological polar surface area (TPSA) is 99.2 Å². The first-order chi connectivity index (χ1) is 15.8. The molecule has 0 bridgehead atoms. The van der Waals surface area contributed by atoms with Gasteiger partial charge in [-0.15, -0.1) is 0 Å². The van der Waals surface area contributed by atoms with E-state index < -0.39 is 25.9 Å². The Morgan fingerprint density at radius 3 is 2.68 bits per heavy atom. The number of nitrogens with zero attached hydrogens (tertiary/aromatic N) is 2. The van der Waals surface area contributed by atoms with E-state index in [9.17, 15) is 19.2 Å². The molecule has 0 aromatic carbocycles. The second kappa shape index (κ2) is 10.0. The molecule has 1 saturated carbocycles. The molecule has 2 N–H and O–H groups in total. The van der Waals surface area contributed by atoms with Crippen molar-refractivity contribution in [2.75, 3.05) is 26.7 Å². The average molecular weight is 494 g/mol. The second-order valence-corrected chi connectivity index (χ2v) is 16.0. The largest absolute Gasteiger partial charge is 0.464 e. The maximum atomic E-state index is 13.5. The van der Waals surface area contributed by atoms with Crippen LogP contribution in [0.5, 0.6) is 0 Å². The maximum absolute atomic E-state index is 13.5. The van der Waals surface area contributed by atoms with Gasteiger partial charge in [-0.25, -0.2) is 9.59 Å². The van der Waals surface area contributed by atoms with Gasteiger partial charge in [0, 0.05) is 26.1 Å². The van der Waals surface area contributed by atoms with Gasteiger partial charge in [0.15, 0.2) is 8.32 Å². The van der Waals surface area contributed by atoms with Crippen LogP contribution in [0.25, 0.3) is 0 Å². The molecule has 0 radical (unpaired) electrons. The van der Waals surface area contributed by atoms with Gasteiger partial charge in [0.05, 0.1) is 6.61 Å². The van der Waals surface area contributed by atoms with E-state index in [1.165, 1.54) is 0 Å². The maximum Gasteiger partial charge on any atom is 0.332 e. The molecule has 3 aliphatic rings. The van der Waals surface area contributed by atoms with E-state index in [1.807, 2.05) is 19.2 Å². The molecule has 0 aromatic rings. The quantitative estimate of drug-likeness (QED) is 0.348. The number of amides is 3. The summed E-state index contributed by atoms with van der Waals surface area (Å²) in [5.41, 5.74) is -1.05. The molecule has 34 heavy (non-hydrogen) atoms. The second-order valence-electron chi connectivity index (χ2n) is 11.5. The summed E-state index contributed by atoms with van der Waals surface area (Å²) in [6.45, 7) is 11.1. The van der Waals surface area contributed by atoms with E-state index in [0.29, 0.717) is 25.9 Å². The molecule has 192 valence electrons. The van der Waals surface area contributed by atoms with Crippen LogP contribution in [0.1, 0.15) is 59.3 Å². The Morgan fingerprint density at radius 2 is 2.03 bits per heavy atom. The highest BCUT2D eigenvalue weighted by Gasteiger charge is 2.62. The summed E-state index contributed by atoms with van der Waals surface area (Å²) >= 11 is 0. The van der Waals surface area contributed by atoms with Gasteiger partial charge in [-0.3, -0.25) is 4.79 Å². The van der Waals surface area contributed by atoms with E-state index in [1.54, 1.807) is 23.8 Å². The third kappa shape index (κ3) is 5.51. The van der Waals surface area contributed by atoms with Gasteiger partial charge in [-0.1, -0.05) is 26.0 Å². The predicted molar refractivity (Wildman–Crippen MR) is 134 cm³/mol. The van der Waals surface area contributed by atoms with Crippen LogP contribution >= 0.6 is 0 Å². The van der Waals surface area contributed by atoms with Crippen molar-refractivity contribution in [2.45, 2.75) is 89.0 Å². The van der Waals surface area contributed by atoms with Gasteiger partial charge in [-0.2, -0.15) is 0 Å². The number of hydrogen-bond acceptors (Lipinski definition) is 5. The van der Waals surface area contributed by atoms with Crippen LogP contribution < -0.4 is 5.32 Å². The number of allylic oxidation sites excluding steroid dienone is 1. The summed E-state index contributed by atoms with van der Waals surface area (Å²) in [7, 11) is -0.629. The molecule has 9 heteroatoms. The minimum Gasteiger partial charge on any atom is -0.464 e. The van der Waals surface area contributed by atoms with Crippen LogP contribution in [0.15, 0.2) is 12.2 Å². The zero-order chi connectivity index (χ0) is 25.3. The number of rotatable bonds is 5. The number of urea groups is 1. The number of esters is 1. The minimum atomic E-state index is -2.43. The molecule has 4 atom stereocenters. The van der Waals surface area contributed by atoms with E-state index in [2.05, 4.69) is 25.2 Å². The first kappa shape index (κ1) is 26.7. The Bertz CT molecular complexity index is 824. The Labute approximate surface area is 205 Å². The van der Waals surface area contributed by atoms with E-state index in [-0.39, 0.29) is 35.4 Å². The van der Waals surface area contributed by atoms with Crippen molar-refractivity contribution in [1.29, 1.82) is 0 Å². The number of carbonyl (C=O) groups is 3. The molecule has 0 unspecified atom stereocenters. The van der Waals surface area contributed by atoms with Crippen molar-refractivity contribution in [3.05, 3.63) is 12.2 Å². The van der Waals surface area contributed by atoms with Crippen molar-refractivity contribution in [3.8, 4) is 0 Å². The van der Waals surface area contributed by atoms with Gasteiger partial charge in [-0.05, 0) is 69.5 Å². The van der Waals surface area contributed by atoms with Gasteiger partial charge in [0.2, 0.25) is 5.91 Å². The minimum absolute atomic E-state index is 0.0545. The molecule has 3 rings (SSSR count). The fourth-order valence-electron chi connectivity index (χ4n) is 5.21. The predicted octanol–water partition coefficient (Wildman–Crippen LogP) is 3.27.